The number of hydrogen-bond acceptors (Lipinski definition) is 3. The molecular formula is C19H21F3N4O2. The van der Waals surface area contributed by atoms with Crippen molar-refractivity contribution in [2.24, 2.45) is 0 Å². The molecule has 0 radical (unpaired) electrons. The number of halogens is 3. The van der Waals surface area contributed by atoms with Crippen LogP contribution in [0.25, 0.3) is 0 Å². The van der Waals surface area contributed by atoms with E-state index in [0.29, 0.717) is 12.2 Å². The minimum Gasteiger partial charge on any atom is -0.332 e. The number of urea groups is 1. The van der Waals surface area contributed by atoms with Crippen LogP contribution in [-0.4, -0.2) is 54.5 Å². The van der Waals surface area contributed by atoms with Crippen LogP contribution in [0, 0.1) is 0 Å². The van der Waals surface area contributed by atoms with Crippen LogP contribution in [0.2, 0.25) is 0 Å². The maximum atomic E-state index is 13.5. The fourth-order valence-corrected chi connectivity index (χ4v) is 4.12. The van der Waals surface area contributed by atoms with E-state index in [1.165, 1.54) is 18.2 Å². The summed E-state index contributed by atoms with van der Waals surface area (Å²) in [7, 11) is 0. The van der Waals surface area contributed by atoms with Crippen molar-refractivity contribution in [1.29, 1.82) is 0 Å². The van der Waals surface area contributed by atoms with Crippen molar-refractivity contribution in [1.82, 2.24) is 20.4 Å². The number of rotatable bonds is 4. The van der Waals surface area contributed by atoms with Crippen LogP contribution in [0.1, 0.15) is 30.0 Å². The van der Waals surface area contributed by atoms with Crippen LogP contribution < -0.4 is 10.6 Å². The molecule has 1 atom stereocenters. The van der Waals surface area contributed by atoms with Gasteiger partial charge in [0.25, 0.3) is 5.91 Å². The van der Waals surface area contributed by atoms with Gasteiger partial charge in [0.1, 0.15) is 0 Å². The summed E-state index contributed by atoms with van der Waals surface area (Å²) in [6.45, 7) is 3.40. The molecule has 2 N–H and O–H groups in total. The summed E-state index contributed by atoms with van der Waals surface area (Å²) < 4.78 is 40.4. The molecule has 0 unspecified atom stereocenters. The lowest BCUT2D eigenvalue weighted by Crippen LogP contribution is -2.44. The monoisotopic (exact) mass is 394 g/mol. The second-order valence-corrected chi connectivity index (χ2v) is 7.28. The molecular weight excluding hydrogens is 373 g/mol. The number of nitrogens with one attached hydrogen (secondary N) is 2. The first kappa shape index (κ1) is 18.8. The minimum absolute atomic E-state index is 0.118. The highest BCUT2D eigenvalue weighted by Gasteiger charge is 2.43. The summed E-state index contributed by atoms with van der Waals surface area (Å²) in [5.74, 6) is -0.330. The molecule has 1 saturated heterocycles. The van der Waals surface area contributed by atoms with Gasteiger partial charge in [-0.25, -0.2) is 4.79 Å². The summed E-state index contributed by atoms with van der Waals surface area (Å²) in [4.78, 5) is 28.9. The molecule has 6 nitrogen and oxygen atoms in total. The first-order valence-corrected chi connectivity index (χ1v) is 9.33. The molecule has 1 aromatic carbocycles. The molecule has 1 fully saturated rings. The largest absolute Gasteiger partial charge is 0.416 e. The van der Waals surface area contributed by atoms with Gasteiger partial charge in [0, 0.05) is 13.1 Å². The number of amides is 3. The standard InChI is InChI=1S/C19H21F3N4O2/c20-19(21,22)13-6-2-1-5-12(13)16-15-14(23-18(28)24-16)11-26(17(15)27)10-9-25-7-3-4-8-25/h1-2,5-6,16H,3-4,7-11H2,(H2,23,24,28)/t16-/m0/s1. The van der Waals surface area contributed by atoms with E-state index in [-0.39, 0.29) is 23.6 Å². The van der Waals surface area contributed by atoms with Gasteiger partial charge in [-0.2, -0.15) is 13.2 Å². The molecule has 1 aromatic rings. The number of alkyl halides is 3. The molecule has 3 aliphatic heterocycles. The Balaban J connectivity index is 1.60. The SMILES string of the molecule is O=C1NC2=C(C(=O)N(CCN3CCCC3)C2)[C@H](c2ccccc2C(F)(F)F)N1. The van der Waals surface area contributed by atoms with Crippen LogP contribution in [0.3, 0.4) is 0 Å². The van der Waals surface area contributed by atoms with E-state index in [1.807, 2.05) is 0 Å². The van der Waals surface area contributed by atoms with Crippen molar-refractivity contribution in [3.63, 3.8) is 0 Å². The average molecular weight is 394 g/mol. The van der Waals surface area contributed by atoms with Gasteiger partial charge < -0.3 is 20.4 Å². The van der Waals surface area contributed by atoms with Crippen LogP contribution >= 0.6 is 0 Å². The Morgan fingerprint density at radius 3 is 2.50 bits per heavy atom. The van der Waals surface area contributed by atoms with Gasteiger partial charge in [-0.15, -0.1) is 0 Å². The fraction of sp³-hybridized carbons (Fsp3) is 0.474. The summed E-state index contributed by atoms with van der Waals surface area (Å²) in [5, 5.41) is 5.10. The minimum atomic E-state index is -4.58. The Labute approximate surface area is 160 Å². The Morgan fingerprint density at radius 2 is 1.79 bits per heavy atom. The van der Waals surface area contributed by atoms with Crippen molar-refractivity contribution >= 4 is 11.9 Å². The lowest BCUT2D eigenvalue weighted by molar-refractivity contribution is -0.138. The highest BCUT2D eigenvalue weighted by molar-refractivity contribution is 6.01. The molecule has 0 bridgehead atoms. The summed E-state index contributed by atoms with van der Waals surface area (Å²) in [6, 6.07) is 3.33. The van der Waals surface area contributed by atoms with Gasteiger partial charge in [0.05, 0.1) is 29.4 Å². The molecule has 0 spiro atoms. The van der Waals surface area contributed by atoms with Gasteiger partial charge in [-0.1, -0.05) is 18.2 Å². The molecule has 0 aliphatic carbocycles. The Bertz CT molecular complexity index is 831. The van der Waals surface area contributed by atoms with Gasteiger partial charge in [-0.05, 0) is 37.6 Å². The number of benzene rings is 1. The number of carbonyl (C=O) groups excluding carboxylic acids is 2. The summed E-state index contributed by atoms with van der Waals surface area (Å²) in [5.41, 5.74) is -0.390. The van der Waals surface area contributed by atoms with E-state index < -0.39 is 23.8 Å². The van der Waals surface area contributed by atoms with Crippen LogP contribution in [-0.2, 0) is 11.0 Å². The molecule has 4 rings (SSSR count). The van der Waals surface area contributed by atoms with E-state index in [4.69, 9.17) is 0 Å². The van der Waals surface area contributed by atoms with Gasteiger partial charge >= 0.3 is 12.2 Å². The third kappa shape index (κ3) is 3.46. The molecule has 9 heteroatoms. The average Bonchev–Trinajstić information content (AvgIpc) is 3.27. The molecule has 150 valence electrons. The lowest BCUT2D eigenvalue weighted by Gasteiger charge is -2.27. The number of carbonyl (C=O) groups is 2. The zero-order valence-electron chi connectivity index (χ0n) is 15.2. The third-order valence-electron chi connectivity index (χ3n) is 5.48. The highest BCUT2D eigenvalue weighted by atomic mass is 19.4. The summed E-state index contributed by atoms with van der Waals surface area (Å²) >= 11 is 0. The first-order chi connectivity index (χ1) is 13.3. The highest BCUT2D eigenvalue weighted by Crippen LogP contribution is 2.39. The van der Waals surface area contributed by atoms with Crippen LogP contribution in [0.15, 0.2) is 35.5 Å². The van der Waals surface area contributed by atoms with Crippen LogP contribution in [0.4, 0.5) is 18.0 Å². The molecule has 3 amide bonds. The Morgan fingerprint density at radius 1 is 1.07 bits per heavy atom. The predicted molar refractivity (Wildman–Crippen MR) is 95.1 cm³/mol. The van der Waals surface area contributed by atoms with E-state index in [0.717, 1.165) is 38.5 Å². The number of hydrogen-bond donors (Lipinski definition) is 2. The van der Waals surface area contributed by atoms with E-state index in [2.05, 4.69) is 15.5 Å². The molecule has 0 aromatic heterocycles. The van der Waals surface area contributed by atoms with E-state index >= 15 is 0 Å². The zero-order chi connectivity index (χ0) is 19.9. The van der Waals surface area contributed by atoms with Crippen molar-refractivity contribution in [2.75, 3.05) is 32.7 Å². The first-order valence-electron chi connectivity index (χ1n) is 9.33. The van der Waals surface area contributed by atoms with Crippen molar-refractivity contribution in [3.8, 4) is 0 Å². The topological polar surface area (TPSA) is 64.7 Å². The lowest BCUT2D eigenvalue weighted by atomic mass is 9.92. The zero-order valence-corrected chi connectivity index (χ0v) is 15.2. The second kappa shape index (κ2) is 7.12. The Kier molecular flexibility index (Phi) is 4.78. The summed E-state index contributed by atoms with van der Waals surface area (Å²) in [6.07, 6.45) is -2.30. The van der Waals surface area contributed by atoms with Crippen molar-refractivity contribution < 1.29 is 22.8 Å². The van der Waals surface area contributed by atoms with Gasteiger partial charge in [0.15, 0.2) is 0 Å². The quantitative estimate of drug-likeness (QED) is 0.824. The smallest absolute Gasteiger partial charge is 0.332 e. The molecule has 28 heavy (non-hydrogen) atoms. The van der Waals surface area contributed by atoms with Crippen LogP contribution in [0.5, 0.6) is 0 Å². The normalized spacial score (nSPS) is 23.1. The maximum absolute atomic E-state index is 13.5. The van der Waals surface area contributed by atoms with Crippen molar-refractivity contribution in [3.05, 3.63) is 46.7 Å². The van der Waals surface area contributed by atoms with Gasteiger partial charge in [-0.3, -0.25) is 4.79 Å². The van der Waals surface area contributed by atoms with Crippen molar-refractivity contribution in [2.45, 2.75) is 25.1 Å². The van der Waals surface area contributed by atoms with Gasteiger partial charge in [0.2, 0.25) is 0 Å². The van der Waals surface area contributed by atoms with E-state index in [9.17, 15) is 22.8 Å². The molecule has 3 aliphatic rings. The number of nitrogens with zero attached hydrogens (tertiary/aromatic N) is 2. The second-order valence-electron chi connectivity index (χ2n) is 7.28. The Hall–Kier alpha value is -2.55. The maximum Gasteiger partial charge on any atom is 0.416 e. The fourth-order valence-electron chi connectivity index (χ4n) is 4.12. The van der Waals surface area contributed by atoms with E-state index in [1.54, 1.807) is 4.90 Å². The molecule has 3 heterocycles. The number of likely N-dealkylation sites (tertiary alicyclic amines) is 1. The third-order valence-corrected chi connectivity index (χ3v) is 5.48. The molecule has 0 saturated carbocycles. The predicted octanol–water partition coefficient (Wildman–Crippen LogP) is 2.25.